The number of pyridine rings is 1. The maximum atomic E-state index is 13.0. The number of H-pyrrole nitrogens is 1. The maximum absolute atomic E-state index is 13.0. The molecule has 4 aromatic rings. The molecule has 10 nitrogen and oxygen atoms in total. The monoisotopic (exact) mass is 444 g/mol. The summed E-state index contributed by atoms with van der Waals surface area (Å²) in [6, 6.07) is 5.36. The first-order chi connectivity index (χ1) is 15.5. The Bertz CT molecular complexity index is 1230. The average molecular weight is 444 g/mol. The SMILES string of the molecule is O=C(O)COCCOc1nccc(-c2cn(CC(F)F)nc2-c2cnc3[nH]ccc3c2)n1. The van der Waals surface area contributed by atoms with E-state index in [9.17, 15) is 13.6 Å². The van der Waals surface area contributed by atoms with Gasteiger partial charge in [-0.05, 0) is 18.2 Å². The molecule has 0 saturated carbocycles. The van der Waals surface area contributed by atoms with Crippen LogP contribution >= 0.6 is 0 Å². The van der Waals surface area contributed by atoms with Crippen LogP contribution in [0.3, 0.4) is 0 Å². The minimum absolute atomic E-state index is 0.0354. The molecule has 0 amide bonds. The summed E-state index contributed by atoms with van der Waals surface area (Å²) >= 11 is 0. The molecule has 0 aliphatic carbocycles. The number of halogens is 2. The van der Waals surface area contributed by atoms with E-state index in [0.29, 0.717) is 28.2 Å². The standard InChI is InChI=1S/C20H18F2N6O4/c21-16(22)10-28-9-14(18(27-28)13-7-12-1-3-23-19(12)25-8-13)15-2-4-24-20(26-15)32-6-5-31-11-17(29)30/h1-4,7-9,16H,5-6,10-11H2,(H,23,25)(H,29,30). The van der Waals surface area contributed by atoms with Gasteiger partial charge in [-0.25, -0.2) is 23.5 Å². The van der Waals surface area contributed by atoms with E-state index < -0.39 is 25.5 Å². The fraction of sp³-hybridized carbons (Fsp3) is 0.250. The van der Waals surface area contributed by atoms with Crippen LogP contribution in [-0.2, 0) is 16.1 Å². The third-order valence-electron chi connectivity index (χ3n) is 4.35. The minimum atomic E-state index is -2.57. The molecule has 2 N–H and O–H groups in total. The summed E-state index contributed by atoms with van der Waals surface area (Å²) in [6.07, 6.45) is 3.75. The number of alkyl halides is 2. The van der Waals surface area contributed by atoms with Gasteiger partial charge in [0.25, 0.3) is 6.43 Å². The molecule has 0 unspecified atom stereocenters. The van der Waals surface area contributed by atoms with Crippen LogP contribution in [0.15, 0.2) is 43.0 Å². The van der Waals surface area contributed by atoms with E-state index in [-0.39, 0.29) is 19.2 Å². The van der Waals surface area contributed by atoms with E-state index in [0.717, 1.165) is 5.39 Å². The molecule has 0 aliphatic rings. The number of hydrogen-bond acceptors (Lipinski definition) is 7. The zero-order valence-electron chi connectivity index (χ0n) is 16.6. The van der Waals surface area contributed by atoms with Crippen LogP contribution in [0, 0.1) is 0 Å². The fourth-order valence-electron chi connectivity index (χ4n) is 3.04. The first-order valence-corrected chi connectivity index (χ1v) is 9.54. The first kappa shape index (κ1) is 21.3. The van der Waals surface area contributed by atoms with Gasteiger partial charge in [0, 0.05) is 41.3 Å². The number of ether oxygens (including phenoxy) is 2. The van der Waals surface area contributed by atoms with Crippen molar-refractivity contribution in [3.63, 3.8) is 0 Å². The molecule has 0 aliphatic heterocycles. The molecule has 4 heterocycles. The second-order valence-corrected chi connectivity index (χ2v) is 6.66. The van der Waals surface area contributed by atoms with E-state index >= 15 is 0 Å². The van der Waals surface area contributed by atoms with Crippen LogP contribution in [0.4, 0.5) is 8.78 Å². The molecular weight excluding hydrogens is 426 g/mol. The highest BCUT2D eigenvalue weighted by Gasteiger charge is 2.18. The van der Waals surface area contributed by atoms with Gasteiger partial charge < -0.3 is 19.6 Å². The number of carbonyl (C=O) groups is 1. The highest BCUT2D eigenvalue weighted by molar-refractivity contribution is 5.85. The Morgan fingerprint density at radius 1 is 1.25 bits per heavy atom. The predicted octanol–water partition coefficient (Wildman–Crippen LogP) is 2.63. The summed E-state index contributed by atoms with van der Waals surface area (Å²) < 4.78 is 37.4. The van der Waals surface area contributed by atoms with Gasteiger partial charge in [0.1, 0.15) is 31.1 Å². The molecule has 0 radical (unpaired) electrons. The molecule has 0 fully saturated rings. The van der Waals surface area contributed by atoms with Gasteiger partial charge >= 0.3 is 12.0 Å². The number of aliphatic carboxylic acids is 1. The van der Waals surface area contributed by atoms with Crippen molar-refractivity contribution in [2.45, 2.75) is 13.0 Å². The molecule has 12 heteroatoms. The van der Waals surface area contributed by atoms with Gasteiger partial charge in [-0.1, -0.05) is 0 Å². The van der Waals surface area contributed by atoms with E-state index in [1.54, 1.807) is 18.5 Å². The van der Waals surface area contributed by atoms with E-state index in [1.165, 1.54) is 17.1 Å². The molecule has 0 aromatic carbocycles. The highest BCUT2D eigenvalue weighted by Crippen LogP contribution is 2.31. The molecule has 4 aromatic heterocycles. The Hall–Kier alpha value is -3.93. The van der Waals surface area contributed by atoms with Gasteiger partial charge in [0.15, 0.2) is 0 Å². The lowest BCUT2D eigenvalue weighted by molar-refractivity contribution is -0.142. The Kier molecular flexibility index (Phi) is 6.31. The lowest BCUT2D eigenvalue weighted by atomic mass is 10.1. The summed E-state index contributed by atoms with van der Waals surface area (Å²) in [4.78, 5) is 26.2. The van der Waals surface area contributed by atoms with Crippen LogP contribution in [-0.4, -0.2) is 67.0 Å². The smallest absolute Gasteiger partial charge is 0.329 e. The number of nitrogens with zero attached hydrogens (tertiary/aromatic N) is 5. The quantitative estimate of drug-likeness (QED) is 0.357. The molecule has 4 rings (SSSR count). The van der Waals surface area contributed by atoms with Crippen molar-refractivity contribution in [1.82, 2.24) is 29.7 Å². The van der Waals surface area contributed by atoms with Crippen LogP contribution in [0.5, 0.6) is 6.01 Å². The Morgan fingerprint density at radius 2 is 2.12 bits per heavy atom. The summed E-state index contributed by atoms with van der Waals surface area (Å²) in [5.41, 5.74) is 2.71. The number of hydrogen-bond donors (Lipinski definition) is 2. The largest absolute Gasteiger partial charge is 0.480 e. The molecule has 0 bridgehead atoms. The van der Waals surface area contributed by atoms with Gasteiger partial charge in [-0.2, -0.15) is 10.1 Å². The summed E-state index contributed by atoms with van der Waals surface area (Å²) in [5, 5.41) is 13.7. The topological polar surface area (TPSA) is 128 Å². The Morgan fingerprint density at radius 3 is 2.94 bits per heavy atom. The number of carboxylic acids is 1. The average Bonchev–Trinajstić information content (AvgIpc) is 3.39. The van der Waals surface area contributed by atoms with Gasteiger partial charge in [0.2, 0.25) is 0 Å². The molecule has 0 saturated heterocycles. The van der Waals surface area contributed by atoms with Gasteiger partial charge in [-0.3, -0.25) is 4.68 Å². The van der Waals surface area contributed by atoms with Crippen molar-refractivity contribution in [2.75, 3.05) is 19.8 Å². The molecule has 0 spiro atoms. The van der Waals surface area contributed by atoms with Crippen molar-refractivity contribution in [1.29, 1.82) is 0 Å². The molecule has 0 atom stereocenters. The van der Waals surface area contributed by atoms with Crippen molar-refractivity contribution < 1.29 is 28.2 Å². The predicted molar refractivity (Wildman–Crippen MR) is 108 cm³/mol. The summed E-state index contributed by atoms with van der Waals surface area (Å²) in [5.74, 6) is -1.08. The number of aromatic nitrogens is 6. The number of nitrogens with one attached hydrogen (secondary N) is 1. The van der Waals surface area contributed by atoms with E-state index in [4.69, 9.17) is 14.6 Å². The second-order valence-electron chi connectivity index (χ2n) is 6.66. The number of rotatable bonds is 10. The van der Waals surface area contributed by atoms with Crippen molar-refractivity contribution in [3.05, 3.63) is 43.0 Å². The van der Waals surface area contributed by atoms with Crippen LogP contribution < -0.4 is 4.74 Å². The lowest BCUT2D eigenvalue weighted by Crippen LogP contribution is -2.13. The Labute approximate surface area is 179 Å². The third kappa shape index (κ3) is 5.03. The zero-order valence-corrected chi connectivity index (χ0v) is 16.6. The number of aromatic amines is 1. The van der Waals surface area contributed by atoms with Gasteiger partial charge in [-0.15, -0.1) is 0 Å². The van der Waals surface area contributed by atoms with Gasteiger partial charge in [0.05, 0.1) is 12.3 Å². The zero-order chi connectivity index (χ0) is 22.5. The summed E-state index contributed by atoms with van der Waals surface area (Å²) in [7, 11) is 0. The second kappa shape index (κ2) is 9.47. The van der Waals surface area contributed by atoms with Crippen LogP contribution in [0.1, 0.15) is 0 Å². The maximum Gasteiger partial charge on any atom is 0.329 e. The van der Waals surface area contributed by atoms with E-state index in [1.807, 2.05) is 12.1 Å². The highest BCUT2D eigenvalue weighted by atomic mass is 19.3. The molecule has 32 heavy (non-hydrogen) atoms. The third-order valence-corrected chi connectivity index (χ3v) is 4.35. The number of carboxylic acid groups (broad SMARTS) is 1. The first-order valence-electron chi connectivity index (χ1n) is 9.54. The fourth-order valence-corrected chi connectivity index (χ4v) is 3.04. The van der Waals surface area contributed by atoms with E-state index in [2.05, 4.69) is 25.0 Å². The lowest BCUT2D eigenvalue weighted by Gasteiger charge is -2.06. The number of fused-ring (bicyclic) bond motifs is 1. The van der Waals surface area contributed by atoms with Crippen LogP contribution in [0.2, 0.25) is 0 Å². The Balaban J connectivity index is 1.62. The van der Waals surface area contributed by atoms with Crippen LogP contribution in [0.25, 0.3) is 33.5 Å². The normalized spacial score (nSPS) is 11.3. The molecule has 166 valence electrons. The minimum Gasteiger partial charge on any atom is -0.480 e. The summed E-state index contributed by atoms with van der Waals surface area (Å²) in [6.45, 7) is -0.916. The van der Waals surface area contributed by atoms with Crippen molar-refractivity contribution in [3.8, 4) is 28.5 Å². The molecular formula is C20H18F2N6O4. The van der Waals surface area contributed by atoms with Crippen molar-refractivity contribution in [2.24, 2.45) is 0 Å². The van der Waals surface area contributed by atoms with Crippen molar-refractivity contribution >= 4 is 17.0 Å².